The average Bonchev–Trinajstić information content (AvgIpc) is 2.81. The van der Waals surface area contributed by atoms with Crippen molar-refractivity contribution in [3.8, 4) is 0 Å². The second-order valence-electron chi connectivity index (χ2n) is 2.70. The number of alkyl halides is 1. The van der Waals surface area contributed by atoms with E-state index in [0.717, 1.165) is 12.8 Å². The Morgan fingerprint density at radius 2 is 2.36 bits per heavy atom. The number of hydrogen-bond acceptors (Lipinski definition) is 1. The van der Waals surface area contributed by atoms with Gasteiger partial charge in [0.2, 0.25) is 5.91 Å². The maximum atomic E-state index is 11.2. The third kappa shape index (κ3) is 2.33. The lowest BCUT2D eigenvalue weighted by Gasteiger charge is -2.18. The van der Waals surface area contributed by atoms with Gasteiger partial charge in [-0.2, -0.15) is 0 Å². The first kappa shape index (κ1) is 8.78. The molecule has 0 aromatic heterocycles. The van der Waals surface area contributed by atoms with E-state index >= 15 is 0 Å². The van der Waals surface area contributed by atoms with Crippen LogP contribution < -0.4 is 0 Å². The molecule has 1 rings (SSSR count). The Balaban J connectivity index is 2.43. The molecule has 3 heteroatoms. The van der Waals surface area contributed by atoms with Crippen molar-refractivity contribution in [3.05, 3.63) is 12.7 Å². The summed E-state index contributed by atoms with van der Waals surface area (Å²) in [6.07, 6.45) is 4.10. The zero-order chi connectivity index (χ0) is 8.27. The lowest BCUT2D eigenvalue weighted by Crippen LogP contribution is -2.33. The van der Waals surface area contributed by atoms with Gasteiger partial charge in [-0.25, -0.2) is 0 Å². The third-order valence-corrected chi connectivity index (χ3v) is 2.23. The summed E-state index contributed by atoms with van der Waals surface area (Å²) in [6.45, 7) is 4.31. The molecule has 11 heavy (non-hydrogen) atoms. The van der Waals surface area contributed by atoms with Crippen LogP contribution in [0.15, 0.2) is 12.7 Å². The molecule has 1 aliphatic carbocycles. The summed E-state index contributed by atoms with van der Waals surface area (Å²) in [7, 11) is 0. The first-order chi connectivity index (χ1) is 5.29. The number of rotatable bonds is 4. The molecule has 1 aliphatic rings. The van der Waals surface area contributed by atoms with Crippen LogP contribution in [0.1, 0.15) is 12.8 Å². The van der Waals surface area contributed by atoms with Crippen LogP contribution >= 0.6 is 15.9 Å². The molecule has 2 nitrogen and oxygen atoms in total. The lowest BCUT2D eigenvalue weighted by molar-refractivity contribution is -0.128. The summed E-state index contributed by atoms with van der Waals surface area (Å²) in [4.78, 5) is 13.1. The average molecular weight is 218 g/mol. The number of halogens is 1. The largest absolute Gasteiger partial charge is 0.335 e. The van der Waals surface area contributed by atoms with Crippen LogP contribution in [0.2, 0.25) is 0 Å². The van der Waals surface area contributed by atoms with E-state index in [-0.39, 0.29) is 5.91 Å². The van der Waals surface area contributed by atoms with Crippen LogP contribution in [-0.4, -0.2) is 28.7 Å². The number of carbonyl (C=O) groups excluding carboxylic acids is 1. The zero-order valence-electron chi connectivity index (χ0n) is 6.42. The molecule has 0 bridgehead atoms. The van der Waals surface area contributed by atoms with E-state index in [1.54, 1.807) is 6.08 Å². The van der Waals surface area contributed by atoms with E-state index in [0.29, 0.717) is 17.9 Å². The number of carbonyl (C=O) groups is 1. The predicted molar refractivity (Wildman–Crippen MR) is 48.7 cm³/mol. The van der Waals surface area contributed by atoms with Crippen molar-refractivity contribution >= 4 is 21.8 Å². The molecule has 0 heterocycles. The second-order valence-corrected chi connectivity index (χ2v) is 3.26. The molecule has 0 aromatic carbocycles. The second kappa shape index (κ2) is 3.90. The smallest absolute Gasteiger partial charge is 0.233 e. The summed E-state index contributed by atoms with van der Waals surface area (Å²) < 4.78 is 0. The van der Waals surface area contributed by atoms with Crippen molar-refractivity contribution in [3.63, 3.8) is 0 Å². The first-order valence-corrected chi connectivity index (χ1v) is 4.88. The normalized spacial score (nSPS) is 16.1. The molecule has 62 valence electrons. The van der Waals surface area contributed by atoms with Gasteiger partial charge in [0.25, 0.3) is 0 Å². The number of nitrogens with zero attached hydrogens (tertiary/aromatic N) is 1. The molecule has 1 amide bonds. The van der Waals surface area contributed by atoms with Crippen LogP contribution in [0.4, 0.5) is 0 Å². The number of amides is 1. The monoisotopic (exact) mass is 217 g/mol. The van der Waals surface area contributed by atoms with E-state index in [4.69, 9.17) is 0 Å². The van der Waals surface area contributed by atoms with Crippen molar-refractivity contribution in [2.24, 2.45) is 0 Å². The predicted octanol–water partition coefficient (Wildman–Crippen LogP) is 1.56. The minimum atomic E-state index is 0.174. The van der Waals surface area contributed by atoms with Gasteiger partial charge in [0, 0.05) is 12.6 Å². The van der Waals surface area contributed by atoms with Crippen molar-refractivity contribution in [1.82, 2.24) is 4.90 Å². The van der Waals surface area contributed by atoms with Gasteiger partial charge in [0.15, 0.2) is 0 Å². The Bertz CT molecular complexity index is 165. The SMILES string of the molecule is C=CCN(C(=O)CBr)C1CC1. The quantitative estimate of drug-likeness (QED) is 0.518. The molecule has 0 radical (unpaired) electrons. The number of hydrogen-bond donors (Lipinski definition) is 0. The van der Waals surface area contributed by atoms with Crippen molar-refractivity contribution in [2.75, 3.05) is 11.9 Å². The van der Waals surface area contributed by atoms with E-state index in [9.17, 15) is 4.79 Å². The maximum Gasteiger partial charge on any atom is 0.233 e. The summed E-state index contributed by atoms with van der Waals surface area (Å²) in [5, 5.41) is 0.428. The Morgan fingerprint density at radius 1 is 1.73 bits per heavy atom. The lowest BCUT2D eigenvalue weighted by atomic mass is 10.4. The Kier molecular flexibility index (Phi) is 3.12. The van der Waals surface area contributed by atoms with Gasteiger partial charge in [-0.15, -0.1) is 6.58 Å². The van der Waals surface area contributed by atoms with Crippen molar-refractivity contribution in [2.45, 2.75) is 18.9 Å². The van der Waals surface area contributed by atoms with E-state index < -0.39 is 0 Å². The fraction of sp³-hybridized carbons (Fsp3) is 0.625. The van der Waals surface area contributed by atoms with Gasteiger partial charge >= 0.3 is 0 Å². The van der Waals surface area contributed by atoms with Crippen LogP contribution in [0.25, 0.3) is 0 Å². The first-order valence-electron chi connectivity index (χ1n) is 3.76. The van der Waals surface area contributed by atoms with Gasteiger partial charge in [0.1, 0.15) is 0 Å². The molecule has 1 fully saturated rings. The highest BCUT2D eigenvalue weighted by Gasteiger charge is 2.30. The molecule has 0 N–H and O–H groups in total. The van der Waals surface area contributed by atoms with Crippen LogP contribution in [0.5, 0.6) is 0 Å². The minimum Gasteiger partial charge on any atom is -0.335 e. The zero-order valence-corrected chi connectivity index (χ0v) is 8.01. The van der Waals surface area contributed by atoms with Gasteiger partial charge in [-0.1, -0.05) is 22.0 Å². The summed E-state index contributed by atoms with van der Waals surface area (Å²) in [5.74, 6) is 0.174. The van der Waals surface area contributed by atoms with E-state index in [1.807, 2.05) is 4.90 Å². The van der Waals surface area contributed by atoms with Gasteiger partial charge < -0.3 is 4.90 Å². The maximum absolute atomic E-state index is 11.2. The fourth-order valence-electron chi connectivity index (χ4n) is 1.06. The highest BCUT2D eigenvalue weighted by atomic mass is 79.9. The molecule has 0 spiro atoms. The molecule has 0 saturated heterocycles. The summed E-state index contributed by atoms with van der Waals surface area (Å²) in [6, 6.07) is 0.498. The highest BCUT2D eigenvalue weighted by Crippen LogP contribution is 2.26. The van der Waals surface area contributed by atoms with Crippen LogP contribution in [0.3, 0.4) is 0 Å². The standard InChI is InChI=1S/C8H12BrNO/c1-2-5-10(7-3-4-7)8(11)6-9/h2,7H,1,3-6H2. The Morgan fingerprint density at radius 3 is 2.73 bits per heavy atom. The van der Waals surface area contributed by atoms with Crippen LogP contribution in [-0.2, 0) is 4.79 Å². The summed E-state index contributed by atoms with van der Waals surface area (Å²) in [5.41, 5.74) is 0. The Hall–Kier alpha value is -0.310. The van der Waals surface area contributed by atoms with Gasteiger partial charge in [-0.3, -0.25) is 4.79 Å². The molecular formula is C8H12BrNO. The molecule has 0 unspecified atom stereocenters. The fourth-order valence-corrected chi connectivity index (χ4v) is 1.38. The molecule has 0 aromatic rings. The van der Waals surface area contributed by atoms with Gasteiger partial charge in [0.05, 0.1) is 5.33 Å². The molecule has 1 saturated carbocycles. The Labute approximate surface area is 75.4 Å². The molecular weight excluding hydrogens is 206 g/mol. The third-order valence-electron chi connectivity index (χ3n) is 1.75. The minimum absolute atomic E-state index is 0.174. The van der Waals surface area contributed by atoms with Gasteiger partial charge in [-0.05, 0) is 12.8 Å². The van der Waals surface area contributed by atoms with Crippen molar-refractivity contribution in [1.29, 1.82) is 0 Å². The molecule has 0 atom stereocenters. The van der Waals surface area contributed by atoms with Crippen molar-refractivity contribution < 1.29 is 4.79 Å². The van der Waals surface area contributed by atoms with Crippen LogP contribution in [0, 0.1) is 0 Å². The molecule has 0 aliphatic heterocycles. The highest BCUT2D eigenvalue weighted by molar-refractivity contribution is 9.09. The topological polar surface area (TPSA) is 20.3 Å². The van der Waals surface area contributed by atoms with E-state index in [2.05, 4.69) is 22.5 Å². The summed E-state index contributed by atoms with van der Waals surface area (Å²) >= 11 is 3.16. The van der Waals surface area contributed by atoms with E-state index in [1.165, 1.54) is 0 Å².